The fourth-order valence-electron chi connectivity index (χ4n) is 4.89. The summed E-state index contributed by atoms with van der Waals surface area (Å²) in [4.78, 5) is 15.3. The Morgan fingerprint density at radius 2 is 1.71 bits per heavy atom. The van der Waals surface area contributed by atoms with Crippen molar-refractivity contribution >= 4 is 21.4 Å². The maximum atomic E-state index is 13.3. The Bertz CT molecular complexity index is 1540. The molecule has 5 rings (SSSR count). The van der Waals surface area contributed by atoms with Crippen LogP contribution in [0.1, 0.15) is 64.7 Å². The second-order valence-corrected chi connectivity index (χ2v) is 12.8. The molecule has 1 aliphatic rings. The molecule has 8 heteroatoms. The predicted octanol–water partition coefficient (Wildman–Crippen LogP) is 6.16. The zero-order chi connectivity index (χ0) is 26.7. The second kappa shape index (κ2) is 11.3. The summed E-state index contributed by atoms with van der Waals surface area (Å²) in [5, 5.41) is 11.1. The Morgan fingerprint density at radius 1 is 1.03 bits per heavy atom. The van der Waals surface area contributed by atoms with Crippen LogP contribution in [0.15, 0.2) is 93.0 Å². The summed E-state index contributed by atoms with van der Waals surface area (Å²) in [6.07, 6.45) is 3.42. The smallest absolute Gasteiger partial charge is 0.343 e. The summed E-state index contributed by atoms with van der Waals surface area (Å²) >= 11 is 1.46. The van der Waals surface area contributed by atoms with Crippen molar-refractivity contribution in [2.75, 3.05) is 0 Å². The van der Waals surface area contributed by atoms with E-state index < -0.39 is 15.6 Å². The number of hydrogen-bond acceptors (Lipinski definition) is 6. The molecule has 2 aromatic heterocycles. The van der Waals surface area contributed by atoms with Gasteiger partial charge in [-0.25, -0.2) is 17.9 Å². The highest BCUT2D eigenvalue weighted by atomic mass is 32.2. The van der Waals surface area contributed by atoms with Gasteiger partial charge < -0.3 is 9.52 Å². The van der Waals surface area contributed by atoms with Gasteiger partial charge in [0.1, 0.15) is 11.5 Å². The summed E-state index contributed by atoms with van der Waals surface area (Å²) in [5.74, 6) is 0.418. The largest absolute Gasteiger partial charge is 0.507 e. The normalized spacial score (nSPS) is 15.3. The molecule has 1 saturated carbocycles. The average Bonchev–Trinajstić information content (AvgIpc) is 3.65. The molecule has 0 saturated heterocycles. The molecule has 38 heavy (non-hydrogen) atoms. The standard InChI is InChI=1S/C30H31NO5S2/c1-2-21(17-20-9-5-3-6-10-20)26-18-25(32)29(30(33)36-26)28(22-13-14-22)27-16-15-23(37-27)19-31-38(34,35)24-11-7-4-8-12-24/h3-12,15-16,18,21-22,28,31-32H,2,13-14,17,19H2,1H3. The Kier molecular flexibility index (Phi) is 7.83. The first-order valence-corrected chi connectivity index (χ1v) is 15.2. The van der Waals surface area contributed by atoms with Gasteiger partial charge in [0, 0.05) is 34.2 Å². The molecule has 1 aliphatic carbocycles. The number of sulfonamides is 1. The molecule has 0 radical (unpaired) electrons. The fourth-order valence-corrected chi connectivity index (χ4v) is 7.16. The number of benzene rings is 2. The highest BCUT2D eigenvalue weighted by molar-refractivity contribution is 7.89. The molecule has 2 heterocycles. The van der Waals surface area contributed by atoms with Crippen LogP contribution in [0.4, 0.5) is 0 Å². The lowest BCUT2D eigenvalue weighted by atomic mass is 9.90. The van der Waals surface area contributed by atoms with Crippen molar-refractivity contribution in [3.8, 4) is 5.75 Å². The minimum absolute atomic E-state index is 0.0181. The van der Waals surface area contributed by atoms with Gasteiger partial charge in [0.15, 0.2) is 0 Å². The summed E-state index contributed by atoms with van der Waals surface area (Å²) < 4.78 is 33.7. The molecule has 0 spiro atoms. The topological polar surface area (TPSA) is 96.6 Å². The highest BCUT2D eigenvalue weighted by Gasteiger charge is 2.38. The van der Waals surface area contributed by atoms with E-state index in [2.05, 4.69) is 4.72 Å². The van der Waals surface area contributed by atoms with E-state index in [1.807, 2.05) is 49.4 Å². The summed E-state index contributed by atoms with van der Waals surface area (Å²) in [6, 6.07) is 23.7. The van der Waals surface area contributed by atoms with E-state index in [1.165, 1.54) is 11.3 Å². The monoisotopic (exact) mass is 549 g/mol. The van der Waals surface area contributed by atoms with E-state index in [9.17, 15) is 18.3 Å². The van der Waals surface area contributed by atoms with Gasteiger partial charge in [0.25, 0.3) is 0 Å². The summed E-state index contributed by atoms with van der Waals surface area (Å²) in [7, 11) is -3.63. The van der Waals surface area contributed by atoms with Crippen LogP contribution in [0.2, 0.25) is 0 Å². The molecule has 2 unspecified atom stereocenters. The van der Waals surface area contributed by atoms with Gasteiger partial charge in [-0.15, -0.1) is 11.3 Å². The molecule has 2 N–H and O–H groups in total. The molecule has 2 aromatic carbocycles. The van der Waals surface area contributed by atoms with Crippen molar-refractivity contribution in [2.24, 2.45) is 5.92 Å². The number of hydrogen-bond donors (Lipinski definition) is 2. The molecule has 2 atom stereocenters. The molecule has 0 amide bonds. The van der Waals surface area contributed by atoms with Crippen LogP contribution in [0.5, 0.6) is 5.75 Å². The zero-order valence-electron chi connectivity index (χ0n) is 21.2. The number of thiophene rings is 1. The van der Waals surface area contributed by atoms with Gasteiger partial charge in [-0.2, -0.15) is 0 Å². The molecule has 6 nitrogen and oxygen atoms in total. The van der Waals surface area contributed by atoms with Gasteiger partial charge in [-0.05, 0) is 61.4 Å². The van der Waals surface area contributed by atoms with Crippen LogP contribution < -0.4 is 10.3 Å². The number of rotatable bonds is 11. The van der Waals surface area contributed by atoms with Crippen molar-refractivity contribution in [1.29, 1.82) is 0 Å². The van der Waals surface area contributed by atoms with E-state index in [-0.39, 0.29) is 34.9 Å². The first kappa shape index (κ1) is 26.4. The Balaban J connectivity index is 1.37. The third-order valence-corrected chi connectivity index (χ3v) is 9.67. The highest BCUT2D eigenvalue weighted by Crippen LogP contribution is 2.49. The van der Waals surface area contributed by atoms with Gasteiger partial charge in [-0.3, -0.25) is 0 Å². The molecule has 0 bridgehead atoms. The molecule has 198 valence electrons. The predicted molar refractivity (Wildman–Crippen MR) is 149 cm³/mol. The SMILES string of the molecule is CCC(Cc1ccccc1)c1cc(O)c(C(c2ccc(CNS(=O)(=O)c3ccccc3)s2)C2CC2)c(=O)o1. The maximum absolute atomic E-state index is 13.3. The van der Waals surface area contributed by atoms with E-state index in [1.54, 1.807) is 36.4 Å². The summed E-state index contributed by atoms with van der Waals surface area (Å²) in [6.45, 7) is 2.20. The number of aromatic hydroxyl groups is 1. The summed E-state index contributed by atoms with van der Waals surface area (Å²) in [5.41, 5.74) is 0.947. The van der Waals surface area contributed by atoms with E-state index in [0.717, 1.165) is 41.0 Å². The Morgan fingerprint density at radius 3 is 2.34 bits per heavy atom. The number of nitrogens with one attached hydrogen (secondary N) is 1. The molecular formula is C30H31NO5S2. The van der Waals surface area contributed by atoms with Gasteiger partial charge in [0.05, 0.1) is 10.5 Å². The average molecular weight is 550 g/mol. The van der Waals surface area contributed by atoms with E-state index >= 15 is 0 Å². The third-order valence-electron chi connectivity index (χ3n) is 7.09. The maximum Gasteiger partial charge on any atom is 0.343 e. The van der Waals surface area contributed by atoms with Gasteiger partial charge in [0.2, 0.25) is 10.0 Å². The van der Waals surface area contributed by atoms with Crippen molar-refractivity contribution in [2.45, 2.75) is 55.9 Å². The lowest BCUT2D eigenvalue weighted by Gasteiger charge is -2.18. The van der Waals surface area contributed by atoms with Crippen molar-refractivity contribution in [1.82, 2.24) is 4.72 Å². The van der Waals surface area contributed by atoms with E-state index in [4.69, 9.17) is 4.42 Å². The van der Waals surface area contributed by atoms with Crippen LogP contribution in [0.25, 0.3) is 0 Å². The first-order chi connectivity index (χ1) is 18.4. The van der Waals surface area contributed by atoms with Crippen LogP contribution in [-0.4, -0.2) is 13.5 Å². The zero-order valence-corrected chi connectivity index (χ0v) is 22.8. The molecule has 0 aliphatic heterocycles. The third kappa shape index (κ3) is 5.93. The first-order valence-electron chi connectivity index (χ1n) is 12.9. The lowest BCUT2D eigenvalue weighted by Crippen LogP contribution is -2.22. The quantitative estimate of drug-likeness (QED) is 0.233. The van der Waals surface area contributed by atoms with Crippen LogP contribution in [0.3, 0.4) is 0 Å². The second-order valence-electron chi connectivity index (χ2n) is 9.79. The molecule has 1 fully saturated rings. The minimum Gasteiger partial charge on any atom is -0.507 e. The Hall–Kier alpha value is -3.20. The molecule has 4 aromatic rings. The van der Waals surface area contributed by atoms with Gasteiger partial charge in [-0.1, -0.05) is 55.5 Å². The van der Waals surface area contributed by atoms with Crippen molar-refractivity contribution in [3.05, 3.63) is 116 Å². The Labute approximate surface area is 227 Å². The van der Waals surface area contributed by atoms with Crippen molar-refractivity contribution in [3.63, 3.8) is 0 Å². The van der Waals surface area contributed by atoms with Crippen molar-refractivity contribution < 1.29 is 17.9 Å². The fraction of sp³-hybridized carbons (Fsp3) is 0.300. The molecular weight excluding hydrogens is 518 g/mol. The minimum atomic E-state index is -3.63. The van der Waals surface area contributed by atoms with Gasteiger partial charge >= 0.3 is 5.63 Å². The lowest BCUT2D eigenvalue weighted by molar-refractivity contribution is 0.380. The van der Waals surface area contributed by atoms with E-state index in [0.29, 0.717) is 11.3 Å². The van der Waals surface area contributed by atoms with Crippen LogP contribution in [0, 0.1) is 5.92 Å². The van der Waals surface area contributed by atoms with Crippen LogP contribution >= 0.6 is 11.3 Å². The van der Waals surface area contributed by atoms with Crippen LogP contribution in [-0.2, 0) is 23.0 Å².